The molecule has 0 aliphatic carbocycles. The molecule has 1 aliphatic rings. The number of halogens is 3. The van der Waals surface area contributed by atoms with E-state index in [1.807, 2.05) is 7.05 Å². The predicted molar refractivity (Wildman–Crippen MR) is 106 cm³/mol. The van der Waals surface area contributed by atoms with Gasteiger partial charge >= 0.3 is 18.1 Å². The maximum absolute atomic E-state index is 12.4. The summed E-state index contributed by atoms with van der Waals surface area (Å²) in [5.41, 5.74) is 1.03. The highest BCUT2D eigenvalue weighted by molar-refractivity contribution is 7.17. The molecular formula is C18H16F3N3O7S. The number of benzene rings is 1. The number of carboxylic acids is 2. The molecule has 1 aromatic heterocycles. The zero-order valence-electron chi connectivity index (χ0n) is 16.3. The molecule has 1 amide bonds. The van der Waals surface area contributed by atoms with Gasteiger partial charge in [0.1, 0.15) is 5.00 Å². The second-order valence-electron chi connectivity index (χ2n) is 6.56. The number of nitrogens with zero attached hydrogens (tertiary/aromatic N) is 2. The molecule has 14 heteroatoms. The molecule has 32 heavy (non-hydrogen) atoms. The smallest absolute Gasteiger partial charge is 0.478 e. The molecule has 2 aromatic rings. The number of hydrogen-bond acceptors (Lipinski definition) is 7. The average Bonchev–Trinajstić information content (AvgIpc) is 3.04. The van der Waals surface area contributed by atoms with Crippen LogP contribution in [0.5, 0.6) is 0 Å². The monoisotopic (exact) mass is 475 g/mol. The highest BCUT2D eigenvalue weighted by atomic mass is 32.1. The van der Waals surface area contributed by atoms with Gasteiger partial charge in [-0.25, -0.2) is 9.59 Å². The SMILES string of the molecule is CN1CCc2c(sc(NC(=O)c3ccc([N+](=O)[O-])cc3)c2C(=O)O)C1.O=C(O)C(F)(F)F. The number of alkyl halides is 3. The van der Waals surface area contributed by atoms with E-state index in [1.54, 1.807) is 0 Å². The number of likely N-dealkylation sites (N-methyl/N-ethyl adjacent to an activating group) is 1. The summed E-state index contributed by atoms with van der Waals surface area (Å²) in [6.45, 7) is 1.41. The van der Waals surface area contributed by atoms with Crippen molar-refractivity contribution < 1.29 is 42.7 Å². The van der Waals surface area contributed by atoms with Gasteiger partial charge in [-0.3, -0.25) is 14.9 Å². The van der Waals surface area contributed by atoms with Gasteiger partial charge in [0.2, 0.25) is 0 Å². The minimum absolute atomic E-state index is 0.114. The van der Waals surface area contributed by atoms with Crippen molar-refractivity contribution in [2.45, 2.75) is 19.1 Å². The van der Waals surface area contributed by atoms with Crippen LogP contribution in [0.15, 0.2) is 24.3 Å². The van der Waals surface area contributed by atoms with Crippen LogP contribution in [0.4, 0.5) is 23.9 Å². The number of fused-ring (bicyclic) bond motifs is 1. The molecule has 0 fully saturated rings. The van der Waals surface area contributed by atoms with E-state index in [4.69, 9.17) is 9.90 Å². The van der Waals surface area contributed by atoms with E-state index in [-0.39, 0.29) is 16.8 Å². The number of nitro benzene ring substituents is 1. The van der Waals surface area contributed by atoms with Gasteiger partial charge in [0, 0.05) is 35.7 Å². The summed E-state index contributed by atoms with van der Waals surface area (Å²) in [5, 5.41) is 30.3. The molecule has 3 rings (SSSR count). The summed E-state index contributed by atoms with van der Waals surface area (Å²) in [6.07, 6.45) is -4.46. The van der Waals surface area contributed by atoms with Crippen LogP contribution in [-0.4, -0.2) is 57.7 Å². The molecule has 0 radical (unpaired) electrons. The Morgan fingerprint density at radius 3 is 2.22 bits per heavy atom. The lowest BCUT2D eigenvalue weighted by Crippen LogP contribution is -2.26. The van der Waals surface area contributed by atoms with Crippen LogP contribution in [0.25, 0.3) is 0 Å². The van der Waals surface area contributed by atoms with E-state index in [2.05, 4.69) is 10.2 Å². The Balaban J connectivity index is 0.000000451. The lowest BCUT2D eigenvalue weighted by atomic mass is 10.0. The molecule has 0 bridgehead atoms. The minimum Gasteiger partial charge on any atom is -0.478 e. The van der Waals surface area contributed by atoms with Gasteiger partial charge < -0.3 is 20.4 Å². The Bertz CT molecular complexity index is 1050. The van der Waals surface area contributed by atoms with E-state index < -0.39 is 28.9 Å². The van der Waals surface area contributed by atoms with E-state index in [0.29, 0.717) is 18.0 Å². The molecule has 0 saturated carbocycles. The van der Waals surface area contributed by atoms with Crippen molar-refractivity contribution in [1.82, 2.24) is 4.90 Å². The van der Waals surface area contributed by atoms with Gasteiger partial charge in [-0.2, -0.15) is 13.2 Å². The van der Waals surface area contributed by atoms with Crippen molar-refractivity contribution >= 4 is 39.9 Å². The number of thiophene rings is 1. The van der Waals surface area contributed by atoms with Gasteiger partial charge in [-0.1, -0.05) is 0 Å². The van der Waals surface area contributed by atoms with Crippen molar-refractivity contribution in [3.63, 3.8) is 0 Å². The van der Waals surface area contributed by atoms with E-state index in [9.17, 15) is 38.0 Å². The summed E-state index contributed by atoms with van der Waals surface area (Å²) in [5.74, 6) is -4.32. The molecule has 0 saturated heterocycles. The maximum atomic E-state index is 12.4. The number of anilines is 1. The van der Waals surface area contributed by atoms with Crippen LogP contribution in [0.1, 0.15) is 31.2 Å². The summed E-state index contributed by atoms with van der Waals surface area (Å²) in [6, 6.07) is 5.16. The van der Waals surface area contributed by atoms with Gasteiger partial charge in [0.05, 0.1) is 10.5 Å². The number of non-ortho nitro benzene ring substituents is 1. The summed E-state index contributed by atoms with van der Waals surface area (Å²) >= 11 is 1.26. The standard InChI is InChI=1S/C16H15N3O5S.C2HF3O2/c1-18-7-6-11-12(8-18)25-15(13(11)16(21)22)17-14(20)9-2-4-10(5-3-9)19(23)24;3-2(4,5)1(6)7/h2-5H,6-8H2,1H3,(H,17,20)(H,21,22);(H,6,7). The molecule has 1 aromatic carbocycles. The lowest BCUT2D eigenvalue weighted by molar-refractivity contribution is -0.384. The predicted octanol–water partition coefficient (Wildman–Crippen LogP) is 3.23. The Kier molecular flexibility index (Phi) is 7.53. The highest BCUT2D eigenvalue weighted by Crippen LogP contribution is 2.37. The third kappa shape index (κ3) is 6.01. The van der Waals surface area contributed by atoms with Crippen molar-refractivity contribution in [3.05, 3.63) is 55.9 Å². The van der Waals surface area contributed by atoms with E-state index in [1.165, 1.54) is 35.6 Å². The number of nitro groups is 1. The molecule has 10 nitrogen and oxygen atoms in total. The third-order valence-corrected chi connectivity index (χ3v) is 5.40. The molecule has 1 aliphatic heterocycles. The molecule has 0 atom stereocenters. The van der Waals surface area contributed by atoms with Crippen molar-refractivity contribution in [1.29, 1.82) is 0 Å². The number of hydrogen-bond donors (Lipinski definition) is 3. The topological polar surface area (TPSA) is 150 Å². The van der Waals surface area contributed by atoms with Gasteiger partial charge in [0.15, 0.2) is 0 Å². The van der Waals surface area contributed by atoms with Crippen molar-refractivity contribution in [2.24, 2.45) is 0 Å². The van der Waals surface area contributed by atoms with E-state index >= 15 is 0 Å². The first-order valence-electron chi connectivity index (χ1n) is 8.73. The summed E-state index contributed by atoms with van der Waals surface area (Å²) in [4.78, 5) is 46.1. The molecule has 3 N–H and O–H groups in total. The second-order valence-corrected chi connectivity index (χ2v) is 7.67. The normalized spacial score (nSPS) is 13.4. The zero-order chi connectivity index (χ0) is 24.2. The summed E-state index contributed by atoms with van der Waals surface area (Å²) < 4.78 is 31.7. The first kappa shape index (κ1) is 24.7. The fourth-order valence-corrected chi connectivity index (χ4v) is 4.07. The Labute approximate surface area is 182 Å². The number of carbonyl (C=O) groups is 3. The number of aromatic carboxylic acids is 1. The Morgan fingerprint density at radius 1 is 1.19 bits per heavy atom. The minimum atomic E-state index is -5.08. The second kappa shape index (κ2) is 9.74. The number of aliphatic carboxylic acids is 1. The number of carboxylic acid groups (broad SMARTS) is 2. The third-order valence-electron chi connectivity index (χ3n) is 4.27. The van der Waals surface area contributed by atoms with Crippen LogP contribution in [0, 0.1) is 10.1 Å². The molecule has 0 unspecified atom stereocenters. The largest absolute Gasteiger partial charge is 0.490 e. The highest BCUT2D eigenvalue weighted by Gasteiger charge is 2.38. The first-order chi connectivity index (χ1) is 14.8. The number of rotatable bonds is 4. The Morgan fingerprint density at radius 2 is 1.75 bits per heavy atom. The molecular weight excluding hydrogens is 459 g/mol. The number of nitrogens with one attached hydrogen (secondary N) is 1. The van der Waals surface area contributed by atoms with Gasteiger partial charge in [0.25, 0.3) is 11.6 Å². The van der Waals surface area contributed by atoms with E-state index in [0.717, 1.165) is 17.0 Å². The maximum Gasteiger partial charge on any atom is 0.490 e. The fourth-order valence-electron chi connectivity index (χ4n) is 2.76. The quantitative estimate of drug-likeness (QED) is 0.451. The number of amides is 1. The fraction of sp³-hybridized carbons (Fsp3) is 0.278. The van der Waals surface area contributed by atoms with Gasteiger partial charge in [-0.05, 0) is 31.2 Å². The number of carbonyl (C=O) groups excluding carboxylic acids is 1. The van der Waals surface area contributed by atoms with Crippen LogP contribution < -0.4 is 5.32 Å². The molecule has 0 spiro atoms. The molecule has 172 valence electrons. The van der Waals surface area contributed by atoms with Crippen molar-refractivity contribution in [2.75, 3.05) is 18.9 Å². The lowest BCUT2D eigenvalue weighted by Gasteiger charge is -2.22. The summed E-state index contributed by atoms with van der Waals surface area (Å²) in [7, 11) is 1.96. The van der Waals surface area contributed by atoms with Crippen molar-refractivity contribution in [3.8, 4) is 0 Å². The van der Waals surface area contributed by atoms with Crippen LogP contribution in [-0.2, 0) is 17.8 Å². The average molecular weight is 475 g/mol. The first-order valence-corrected chi connectivity index (χ1v) is 9.55. The zero-order valence-corrected chi connectivity index (χ0v) is 17.1. The van der Waals surface area contributed by atoms with Gasteiger partial charge in [-0.15, -0.1) is 11.3 Å². The van der Waals surface area contributed by atoms with Crippen LogP contribution in [0.3, 0.4) is 0 Å². The van der Waals surface area contributed by atoms with Crippen LogP contribution >= 0.6 is 11.3 Å². The molecule has 2 heterocycles. The van der Waals surface area contributed by atoms with Crippen LogP contribution in [0.2, 0.25) is 0 Å². The Hall–Kier alpha value is -3.52.